The summed E-state index contributed by atoms with van der Waals surface area (Å²) in [7, 11) is 0. The normalized spacial score (nSPS) is 32.2. The predicted molar refractivity (Wildman–Crippen MR) is 66.2 cm³/mol. The summed E-state index contributed by atoms with van der Waals surface area (Å²) < 4.78 is 0. The maximum Gasteiger partial charge on any atom is 0.147 e. The van der Waals surface area contributed by atoms with E-state index in [4.69, 9.17) is 11.6 Å². The second-order valence-electron chi connectivity index (χ2n) is 4.51. The van der Waals surface area contributed by atoms with E-state index >= 15 is 0 Å². The van der Waals surface area contributed by atoms with Gasteiger partial charge in [-0.2, -0.15) is 0 Å². The van der Waals surface area contributed by atoms with Crippen LogP contribution in [0.1, 0.15) is 24.5 Å². The average molecular weight is 260 g/mol. The largest absolute Gasteiger partial charge is 0.303 e. The Morgan fingerprint density at radius 2 is 2.00 bits per heavy atom. The molecule has 0 saturated carbocycles. The molecule has 3 saturated heterocycles. The molecule has 3 fully saturated rings. The molecule has 3 aliphatic heterocycles. The van der Waals surface area contributed by atoms with Crippen molar-refractivity contribution in [1.29, 1.82) is 0 Å². The Labute approximate surface area is 107 Å². The van der Waals surface area contributed by atoms with E-state index in [0.29, 0.717) is 11.1 Å². The van der Waals surface area contributed by atoms with Crippen LogP contribution in [0.2, 0.25) is 5.15 Å². The zero-order chi connectivity index (χ0) is 10.3. The first-order valence-electron chi connectivity index (χ1n) is 5.53. The van der Waals surface area contributed by atoms with Crippen LogP contribution >= 0.6 is 24.0 Å². The number of halogens is 2. The third-order valence-corrected chi connectivity index (χ3v) is 3.84. The number of nitrogens with zero attached hydrogens (tertiary/aromatic N) is 3. The minimum Gasteiger partial charge on any atom is -0.303 e. The first kappa shape index (κ1) is 12.1. The number of piperidine rings is 3. The average Bonchev–Trinajstić information content (AvgIpc) is 2.30. The van der Waals surface area contributed by atoms with Crippen LogP contribution in [0, 0.1) is 5.92 Å². The van der Waals surface area contributed by atoms with Gasteiger partial charge in [0.25, 0.3) is 0 Å². The summed E-state index contributed by atoms with van der Waals surface area (Å²) in [5, 5.41) is 0.518. The molecule has 4 heterocycles. The smallest absolute Gasteiger partial charge is 0.147 e. The van der Waals surface area contributed by atoms with Gasteiger partial charge < -0.3 is 4.90 Å². The van der Waals surface area contributed by atoms with Gasteiger partial charge >= 0.3 is 0 Å². The van der Waals surface area contributed by atoms with E-state index < -0.39 is 0 Å². The molecule has 0 N–H and O–H groups in total. The van der Waals surface area contributed by atoms with Crippen LogP contribution in [-0.4, -0.2) is 34.5 Å². The third kappa shape index (κ3) is 2.17. The van der Waals surface area contributed by atoms with Crippen molar-refractivity contribution in [1.82, 2.24) is 14.9 Å². The molecule has 16 heavy (non-hydrogen) atoms. The van der Waals surface area contributed by atoms with Crippen LogP contribution in [-0.2, 0) is 0 Å². The number of aromatic nitrogens is 2. The molecular formula is C11H15Cl2N3. The molecule has 0 radical (unpaired) electrons. The highest BCUT2D eigenvalue weighted by Gasteiger charge is 2.35. The second-order valence-corrected chi connectivity index (χ2v) is 4.90. The van der Waals surface area contributed by atoms with Gasteiger partial charge in [-0.25, -0.2) is 4.98 Å². The van der Waals surface area contributed by atoms with E-state index in [2.05, 4.69) is 14.9 Å². The van der Waals surface area contributed by atoms with Crippen LogP contribution in [0.3, 0.4) is 0 Å². The molecule has 3 nitrogen and oxygen atoms in total. The standard InChI is InChI=1S/C11H14ClN3.ClH/c12-11-6-13-5-10(14-11)9-7-15-3-1-8(9)2-4-15;/h5-6,8-9H,1-4,7H2;1H. The molecule has 0 amide bonds. The Hall–Kier alpha value is -0.380. The van der Waals surface area contributed by atoms with Crippen molar-refractivity contribution in [2.24, 2.45) is 5.92 Å². The minimum absolute atomic E-state index is 0. The first-order valence-corrected chi connectivity index (χ1v) is 5.90. The highest BCUT2D eigenvalue weighted by Crippen LogP contribution is 2.37. The molecule has 1 aromatic rings. The van der Waals surface area contributed by atoms with Gasteiger partial charge in [-0.05, 0) is 31.8 Å². The van der Waals surface area contributed by atoms with Gasteiger partial charge in [0.05, 0.1) is 11.9 Å². The number of hydrogen-bond donors (Lipinski definition) is 0. The zero-order valence-electron chi connectivity index (χ0n) is 8.97. The van der Waals surface area contributed by atoms with E-state index in [1.165, 1.54) is 25.9 Å². The van der Waals surface area contributed by atoms with Crippen molar-refractivity contribution in [3.63, 3.8) is 0 Å². The first-order chi connectivity index (χ1) is 7.33. The van der Waals surface area contributed by atoms with Gasteiger partial charge in [-0.1, -0.05) is 11.6 Å². The summed E-state index contributed by atoms with van der Waals surface area (Å²) in [5.74, 6) is 1.35. The Kier molecular flexibility index (Phi) is 3.67. The van der Waals surface area contributed by atoms with Gasteiger partial charge in [0.15, 0.2) is 0 Å². The predicted octanol–water partition coefficient (Wildman–Crippen LogP) is 2.36. The van der Waals surface area contributed by atoms with Crippen molar-refractivity contribution >= 4 is 24.0 Å². The molecule has 2 bridgehead atoms. The maximum atomic E-state index is 5.88. The fraction of sp³-hybridized carbons (Fsp3) is 0.636. The summed E-state index contributed by atoms with van der Waals surface area (Å²) in [6.45, 7) is 3.66. The molecule has 1 unspecified atom stereocenters. The summed E-state index contributed by atoms with van der Waals surface area (Å²) in [5.41, 5.74) is 1.08. The number of fused-ring (bicyclic) bond motifs is 3. The van der Waals surface area contributed by atoms with Crippen molar-refractivity contribution in [2.75, 3.05) is 19.6 Å². The van der Waals surface area contributed by atoms with Crippen LogP contribution in [0.4, 0.5) is 0 Å². The fourth-order valence-corrected chi connectivity index (χ4v) is 2.99. The topological polar surface area (TPSA) is 29.0 Å². The van der Waals surface area contributed by atoms with E-state index in [1.54, 1.807) is 6.20 Å². The Morgan fingerprint density at radius 1 is 1.25 bits per heavy atom. The van der Waals surface area contributed by atoms with Crippen LogP contribution in [0.15, 0.2) is 12.4 Å². The summed E-state index contributed by atoms with van der Waals surface area (Å²) in [6.07, 6.45) is 6.09. The summed E-state index contributed by atoms with van der Waals surface area (Å²) >= 11 is 5.88. The monoisotopic (exact) mass is 259 g/mol. The van der Waals surface area contributed by atoms with Crippen molar-refractivity contribution in [3.05, 3.63) is 23.2 Å². The van der Waals surface area contributed by atoms with Crippen LogP contribution in [0.25, 0.3) is 0 Å². The zero-order valence-corrected chi connectivity index (χ0v) is 10.5. The highest BCUT2D eigenvalue weighted by molar-refractivity contribution is 6.29. The molecule has 0 aliphatic carbocycles. The Morgan fingerprint density at radius 3 is 2.56 bits per heavy atom. The van der Waals surface area contributed by atoms with Crippen molar-refractivity contribution in [2.45, 2.75) is 18.8 Å². The Balaban J connectivity index is 0.000000963. The van der Waals surface area contributed by atoms with E-state index in [-0.39, 0.29) is 12.4 Å². The lowest BCUT2D eigenvalue weighted by molar-refractivity contribution is 0.0853. The lowest BCUT2D eigenvalue weighted by atomic mass is 9.77. The molecule has 1 atom stereocenters. The van der Waals surface area contributed by atoms with Crippen molar-refractivity contribution in [3.8, 4) is 0 Å². The quantitative estimate of drug-likeness (QED) is 0.776. The number of rotatable bonds is 1. The van der Waals surface area contributed by atoms with Gasteiger partial charge in [0, 0.05) is 18.7 Å². The molecule has 5 heteroatoms. The van der Waals surface area contributed by atoms with Gasteiger partial charge in [0.2, 0.25) is 0 Å². The molecule has 3 aliphatic rings. The molecule has 88 valence electrons. The van der Waals surface area contributed by atoms with Crippen molar-refractivity contribution < 1.29 is 0 Å². The molecule has 4 rings (SSSR count). The van der Waals surface area contributed by atoms with Gasteiger partial charge in [-0.3, -0.25) is 4.98 Å². The highest BCUT2D eigenvalue weighted by atomic mass is 35.5. The maximum absolute atomic E-state index is 5.88. The lowest BCUT2D eigenvalue weighted by Gasteiger charge is -2.44. The third-order valence-electron chi connectivity index (χ3n) is 3.66. The Bertz CT molecular complexity index is 364. The molecule has 1 aromatic heterocycles. The molecular weight excluding hydrogens is 245 g/mol. The second kappa shape index (κ2) is 4.86. The summed E-state index contributed by atoms with van der Waals surface area (Å²) in [4.78, 5) is 11.0. The van der Waals surface area contributed by atoms with E-state index in [1.807, 2.05) is 6.20 Å². The number of hydrogen-bond acceptors (Lipinski definition) is 3. The SMILES string of the molecule is Cl.Clc1cncc(C2CN3CCC2CC3)n1. The minimum atomic E-state index is 0. The van der Waals surface area contributed by atoms with Gasteiger partial charge in [-0.15, -0.1) is 12.4 Å². The van der Waals surface area contributed by atoms with E-state index in [0.717, 1.165) is 18.2 Å². The van der Waals surface area contributed by atoms with E-state index in [9.17, 15) is 0 Å². The molecule has 0 aromatic carbocycles. The van der Waals surface area contributed by atoms with Crippen LogP contribution in [0.5, 0.6) is 0 Å². The molecule has 0 spiro atoms. The fourth-order valence-electron chi connectivity index (χ4n) is 2.83. The van der Waals surface area contributed by atoms with Gasteiger partial charge in [0.1, 0.15) is 5.15 Å². The lowest BCUT2D eigenvalue weighted by Crippen LogP contribution is -2.46. The van der Waals surface area contributed by atoms with Crippen LogP contribution < -0.4 is 0 Å². The summed E-state index contributed by atoms with van der Waals surface area (Å²) in [6, 6.07) is 0.